The zero-order valence-electron chi connectivity index (χ0n) is 19.0. The number of allylic oxidation sites excluding steroid dienone is 1. The van der Waals surface area contributed by atoms with Crippen LogP contribution in [-0.4, -0.2) is 26.1 Å². The molecule has 1 aromatic carbocycles. The lowest BCUT2D eigenvalue weighted by molar-refractivity contribution is -0.120. The van der Waals surface area contributed by atoms with Crippen LogP contribution in [0.4, 0.5) is 5.69 Å². The van der Waals surface area contributed by atoms with Gasteiger partial charge in [-0.15, -0.1) is 5.54 Å². The van der Waals surface area contributed by atoms with Gasteiger partial charge in [-0.2, -0.15) is 0 Å². The molecule has 0 saturated carbocycles. The van der Waals surface area contributed by atoms with Crippen molar-refractivity contribution in [2.45, 2.75) is 89.0 Å². The van der Waals surface area contributed by atoms with Crippen molar-refractivity contribution in [1.82, 2.24) is 5.32 Å². The molecule has 1 unspecified atom stereocenters. The Hall–Kier alpha value is -1.83. The van der Waals surface area contributed by atoms with Gasteiger partial charge in [0.15, 0.2) is 0 Å². The first-order chi connectivity index (χ1) is 13.7. The summed E-state index contributed by atoms with van der Waals surface area (Å²) in [6.07, 6.45) is 4.98. The van der Waals surface area contributed by atoms with Gasteiger partial charge in [0.05, 0.1) is 6.04 Å². The quantitative estimate of drug-likeness (QED) is 0.398. The Morgan fingerprint density at radius 2 is 1.72 bits per heavy atom. The van der Waals surface area contributed by atoms with E-state index in [-0.39, 0.29) is 18.0 Å². The number of hydrogen-bond acceptors (Lipinski definition) is 2. The van der Waals surface area contributed by atoms with E-state index in [1.54, 1.807) is 0 Å². The van der Waals surface area contributed by atoms with Gasteiger partial charge < -0.3 is 5.32 Å². The molecule has 1 aromatic rings. The molecule has 2 N–H and O–H groups in total. The summed E-state index contributed by atoms with van der Waals surface area (Å²) in [5.74, 6) is 3.75. The highest BCUT2D eigenvalue weighted by Crippen LogP contribution is 2.47. The topological polar surface area (TPSA) is 41.1 Å². The molecule has 3 nitrogen and oxygen atoms in total. The summed E-state index contributed by atoms with van der Waals surface area (Å²) in [5, 5.41) is 6.82. The smallest absolute Gasteiger partial charge is 0.237 e. The Balaban J connectivity index is 2.13. The minimum absolute atomic E-state index is 0.0865. The Morgan fingerprint density at radius 1 is 1.10 bits per heavy atom. The van der Waals surface area contributed by atoms with Crippen LogP contribution in [0.1, 0.15) is 60.5 Å². The van der Waals surface area contributed by atoms with Crippen molar-refractivity contribution in [3.63, 3.8) is 0 Å². The van der Waals surface area contributed by atoms with Crippen LogP contribution in [0.2, 0.25) is 16.6 Å². The number of fused-ring (bicyclic) bond motifs is 2. The largest absolute Gasteiger partial charge is 0.325 e. The number of amides is 1. The molecule has 1 fully saturated rings. The highest BCUT2D eigenvalue weighted by atomic mass is 28.3. The molecule has 0 bridgehead atoms. The zero-order chi connectivity index (χ0) is 21.4. The Kier molecular flexibility index (Phi) is 6.13. The molecule has 3 rings (SSSR count). The summed E-state index contributed by atoms with van der Waals surface area (Å²) in [6.45, 7) is 16.0. The monoisotopic (exact) mass is 408 g/mol. The van der Waals surface area contributed by atoms with Gasteiger partial charge >= 0.3 is 0 Å². The van der Waals surface area contributed by atoms with E-state index in [0.717, 1.165) is 17.7 Å². The second-order valence-electron chi connectivity index (χ2n) is 9.57. The van der Waals surface area contributed by atoms with E-state index in [9.17, 15) is 4.79 Å². The summed E-state index contributed by atoms with van der Waals surface area (Å²) >= 11 is 0. The third-order valence-corrected chi connectivity index (χ3v) is 13.5. The van der Waals surface area contributed by atoms with Gasteiger partial charge in [0, 0.05) is 11.7 Å². The maximum absolute atomic E-state index is 13.3. The lowest BCUT2D eigenvalue weighted by atomic mass is 9.74. The summed E-state index contributed by atoms with van der Waals surface area (Å²) in [4.78, 5) is 13.3. The molecule has 0 aromatic heterocycles. The normalized spacial score (nSPS) is 26.5. The molecule has 2 aliphatic heterocycles. The molecule has 4 heteroatoms. The first-order valence-corrected chi connectivity index (χ1v) is 13.3. The number of hydrogen-bond donors (Lipinski definition) is 2. The lowest BCUT2D eigenvalue weighted by Gasteiger charge is -2.38. The first kappa shape index (κ1) is 21.9. The fraction of sp³-hybridized carbons (Fsp3) is 0.560. The van der Waals surface area contributed by atoms with Gasteiger partial charge in [-0.25, -0.2) is 0 Å². The van der Waals surface area contributed by atoms with Crippen LogP contribution in [0.5, 0.6) is 0 Å². The molecule has 0 aliphatic carbocycles. The average Bonchev–Trinajstić information content (AvgIpc) is 3.14. The van der Waals surface area contributed by atoms with Crippen molar-refractivity contribution in [2.24, 2.45) is 0 Å². The molecule has 29 heavy (non-hydrogen) atoms. The summed E-state index contributed by atoms with van der Waals surface area (Å²) < 4.78 is 0. The summed E-state index contributed by atoms with van der Waals surface area (Å²) in [6, 6.07) is 8.10. The fourth-order valence-electron chi connectivity index (χ4n) is 5.86. The highest BCUT2D eigenvalue weighted by Gasteiger charge is 2.57. The molecule has 1 spiro atoms. The van der Waals surface area contributed by atoms with Gasteiger partial charge in [-0.05, 0) is 41.6 Å². The molecular formula is C25H36N2OSi. The van der Waals surface area contributed by atoms with Gasteiger partial charge in [-0.3, -0.25) is 10.1 Å². The molecule has 3 atom stereocenters. The van der Waals surface area contributed by atoms with Gasteiger partial charge in [0.2, 0.25) is 5.91 Å². The van der Waals surface area contributed by atoms with E-state index in [1.165, 1.54) is 0 Å². The molecule has 1 saturated heterocycles. The Bertz CT molecular complexity index is 839. The second kappa shape index (κ2) is 8.12. The predicted octanol–water partition coefficient (Wildman–Crippen LogP) is 5.40. The lowest BCUT2D eigenvalue weighted by Crippen LogP contribution is -2.47. The minimum Gasteiger partial charge on any atom is -0.325 e. The van der Waals surface area contributed by atoms with Crippen LogP contribution >= 0.6 is 0 Å². The zero-order valence-corrected chi connectivity index (χ0v) is 20.0. The van der Waals surface area contributed by atoms with Crippen LogP contribution in [-0.2, 0) is 10.2 Å². The van der Waals surface area contributed by atoms with Crippen LogP contribution in [0, 0.1) is 11.5 Å². The molecule has 2 heterocycles. The minimum atomic E-state index is -1.87. The van der Waals surface area contributed by atoms with Crippen molar-refractivity contribution in [1.29, 1.82) is 0 Å². The van der Waals surface area contributed by atoms with Gasteiger partial charge in [0.1, 0.15) is 13.5 Å². The van der Waals surface area contributed by atoms with Crippen molar-refractivity contribution in [3.8, 4) is 11.5 Å². The maximum Gasteiger partial charge on any atom is 0.237 e. The van der Waals surface area contributed by atoms with Gasteiger partial charge in [0.25, 0.3) is 0 Å². The Morgan fingerprint density at radius 3 is 2.31 bits per heavy atom. The van der Waals surface area contributed by atoms with Crippen LogP contribution in [0.15, 0.2) is 36.4 Å². The van der Waals surface area contributed by atoms with Crippen LogP contribution in [0.3, 0.4) is 0 Å². The van der Waals surface area contributed by atoms with E-state index < -0.39 is 13.5 Å². The number of para-hydroxylation sites is 1. The van der Waals surface area contributed by atoms with E-state index in [4.69, 9.17) is 0 Å². The third-order valence-electron chi connectivity index (χ3n) is 7.20. The van der Waals surface area contributed by atoms with E-state index in [0.29, 0.717) is 16.6 Å². The average molecular weight is 409 g/mol. The molecule has 1 amide bonds. The van der Waals surface area contributed by atoms with Crippen molar-refractivity contribution >= 4 is 19.7 Å². The van der Waals surface area contributed by atoms with E-state index in [1.807, 2.05) is 25.1 Å². The summed E-state index contributed by atoms with van der Waals surface area (Å²) in [7, 11) is -1.87. The fourth-order valence-corrected chi connectivity index (χ4v) is 11.1. The summed E-state index contributed by atoms with van der Waals surface area (Å²) in [5.41, 5.74) is 7.00. The van der Waals surface area contributed by atoms with Crippen molar-refractivity contribution < 1.29 is 4.79 Å². The van der Waals surface area contributed by atoms with Crippen molar-refractivity contribution in [3.05, 3.63) is 42.0 Å². The number of anilines is 1. The number of carbonyl (C=O) groups excluding carboxylic acids is 1. The molecule has 2 aliphatic rings. The number of nitrogens with one attached hydrogen (secondary N) is 2. The first-order valence-electron chi connectivity index (χ1n) is 11.0. The number of carbonyl (C=O) groups is 1. The van der Waals surface area contributed by atoms with E-state index >= 15 is 0 Å². The number of rotatable bonds is 4. The highest BCUT2D eigenvalue weighted by molar-refractivity contribution is 6.90. The predicted molar refractivity (Wildman–Crippen MR) is 126 cm³/mol. The van der Waals surface area contributed by atoms with Gasteiger partial charge in [-0.1, -0.05) is 77.8 Å². The van der Waals surface area contributed by atoms with Crippen LogP contribution in [0.25, 0.3) is 0 Å². The standard InChI is InChI=1S/C25H36N2OSi/c1-8-11-20-16-25(21-12-9-10-13-22(21)27-24(25)28)23(26-20)14-15-29(17(2)3,18(4)5)19(6)7/h8-13,17-20,23,26H,16H2,1-7H3,(H,27,28)/b11-8+/t20?,23-,25-/m0/s1. The Labute approximate surface area is 177 Å². The maximum atomic E-state index is 13.3. The van der Waals surface area contributed by atoms with Crippen LogP contribution < -0.4 is 10.6 Å². The second-order valence-corrected chi connectivity index (χ2v) is 15.2. The number of benzene rings is 1. The molecular weight excluding hydrogens is 372 g/mol. The third kappa shape index (κ3) is 3.39. The molecule has 156 valence electrons. The SMILES string of the molecule is C/C=C/C1C[C@@]2(C(=O)Nc3ccccc32)[C@H](C#C[Si](C(C)C)(C(C)C)C(C)C)N1. The molecule has 0 radical (unpaired) electrons. The van der Waals surface area contributed by atoms with Crippen molar-refractivity contribution in [2.75, 3.05) is 5.32 Å². The van der Waals surface area contributed by atoms with E-state index in [2.05, 4.69) is 81.9 Å².